The quantitative estimate of drug-likeness (QED) is 0.215. The minimum atomic E-state index is -0.339. The van der Waals surface area contributed by atoms with Gasteiger partial charge in [-0.2, -0.15) is 15.0 Å². The van der Waals surface area contributed by atoms with E-state index in [4.69, 9.17) is 24.1 Å². The Hall–Kier alpha value is -3.94. The summed E-state index contributed by atoms with van der Waals surface area (Å²) in [6.45, 7) is -0.127. The SMILES string of the molecule is COc1cc(C=Nn2c(-c3cc4cc(Br)ccc4o3)nc3ccccc3c2=O)cc(Br)c1OCC#N. The molecule has 0 aliphatic heterocycles. The summed E-state index contributed by atoms with van der Waals surface area (Å²) >= 11 is 6.91. The highest BCUT2D eigenvalue weighted by atomic mass is 79.9. The van der Waals surface area contributed by atoms with Gasteiger partial charge in [-0.15, -0.1) is 0 Å². The predicted molar refractivity (Wildman–Crippen MR) is 144 cm³/mol. The van der Waals surface area contributed by atoms with Crippen molar-refractivity contribution in [3.8, 4) is 29.2 Å². The predicted octanol–water partition coefficient (Wildman–Crippen LogP) is 6.13. The van der Waals surface area contributed by atoms with Gasteiger partial charge < -0.3 is 13.9 Å². The Labute approximate surface area is 221 Å². The van der Waals surface area contributed by atoms with Gasteiger partial charge >= 0.3 is 0 Å². The molecule has 3 aromatic carbocycles. The summed E-state index contributed by atoms with van der Waals surface area (Å²) in [5.74, 6) is 1.48. The first-order valence-corrected chi connectivity index (χ1v) is 12.2. The Morgan fingerprint density at radius 1 is 1.17 bits per heavy atom. The second kappa shape index (κ2) is 9.97. The van der Waals surface area contributed by atoms with Crippen LogP contribution in [0.15, 0.2) is 83.9 Å². The van der Waals surface area contributed by atoms with Crippen LogP contribution in [0.5, 0.6) is 11.5 Å². The van der Waals surface area contributed by atoms with E-state index in [9.17, 15) is 4.79 Å². The summed E-state index contributed by atoms with van der Waals surface area (Å²) in [5.41, 5.74) is 1.48. The first kappa shape index (κ1) is 23.8. The molecule has 178 valence electrons. The Morgan fingerprint density at radius 2 is 2.00 bits per heavy atom. The third kappa shape index (κ3) is 4.51. The van der Waals surface area contributed by atoms with E-state index in [-0.39, 0.29) is 18.0 Å². The number of methoxy groups -OCH3 is 1. The van der Waals surface area contributed by atoms with Gasteiger partial charge in [-0.05, 0) is 70.0 Å². The molecule has 36 heavy (non-hydrogen) atoms. The Bertz CT molecular complexity index is 1750. The molecule has 0 aliphatic carbocycles. The molecule has 2 heterocycles. The second-order valence-corrected chi connectivity index (χ2v) is 9.36. The van der Waals surface area contributed by atoms with Crippen LogP contribution in [-0.2, 0) is 0 Å². The molecule has 0 aliphatic rings. The molecule has 10 heteroatoms. The summed E-state index contributed by atoms with van der Waals surface area (Å²) in [6.07, 6.45) is 1.52. The molecule has 0 N–H and O–H groups in total. The van der Waals surface area contributed by atoms with Crippen molar-refractivity contribution in [2.24, 2.45) is 5.10 Å². The Morgan fingerprint density at radius 3 is 2.81 bits per heavy atom. The van der Waals surface area contributed by atoms with Crippen molar-refractivity contribution in [1.82, 2.24) is 9.66 Å². The van der Waals surface area contributed by atoms with Gasteiger partial charge in [0.2, 0.25) is 5.82 Å². The van der Waals surface area contributed by atoms with Gasteiger partial charge in [0.1, 0.15) is 11.7 Å². The molecule has 2 aromatic heterocycles. The van der Waals surface area contributed by atoms with Crippen molar-refractivity contribution in [2.75, 3.05) is 13.7 Å². The number of furan rings is 1. The Kier molecular flexibility index (Phi) is 6.59. The third-order valence-electron chi connectivity index (χ3n) is 5.31. The van der Waals surface area contributed by atoms with Crippen LogP contribution in [-0.4, -0.2) is 29.6 Å². The summed E-state index contributed by atoms with van der Waals surface area (Å²) in [7, 11) is 1.50. The lowest BCUT2D eigenvalue weighted by Crippen LogP contribution is -2.20. The number of para-hydroxylation sites is 1. The maximum absolute atomic E-state index is 13.5. The number of nitrogens with zero attached hydrogens (tertiary/aromatic N) is 4. The average molecular weight is 608 g/mol. The fourth-order valence-corrected chi connectivity index (χ4v) is 4.65. The van der Waals surface area contributed by atoms with Gasteiger partial charge in [-0.25, -0.2) is 4.98 Å². The average Bonchev–Trinajstić information content (AvgIpc) is 3.30. The summed E-state index contributed by atoms with van der Waals surface area (Å²) in [4.78, 5) is 18.1. The number of rotatable bonds is 6. The van der Waals surface area contributed by atoms with E-state index in [0.717, 1.165) is 9.86 Å². The van der Waals surface area contributed by atoms with Crippen LogP contribution in [0.1, 0.15) is 5.56 Å². The first-order chi connectivity index (χ1) is 17.5. The van der Waals surface area contributed by atoms with E-state index in [1.54, 1.807) is 30.3 Å². The minimum Gasteiger partial charge on any atom is -0.493 e. The highest BCUT2D eigenvalue weighted by Crippen LogP contribution is 2.36. The number of halogens is 2. The van der Waals surface area contributed by atoms with Crippen LogP contribution in [0.4, 0.5) is 0 Å². The van der Waals surface area contributed by atoms with E-state index >= 15 is 0 Å². The van der Waals surface area contributed by atoms with Crippen LogP contribution in [0.3, 0.4) is 0 Å². The van der Waals surface area contributed by atoms with Gasteiger partial charge in [0, 0.05) is 9.86 Å². The molecular weight excluding hydrogens is 592 g/mol. The van der Waals surface area contributed by atoms with Crippen molar-refractivity contribution in [3.05, 3.63) is 85.5 Å². The lowest BCUT2D eigenvalue weighted by Gasteiger charge is -2.11. The number of hydrogen-bond acceptors (Lipinski definition) is 7. The van der Waals surface area contributed by atoms with Gasteiger partial charge in [0.05, 0.1) is 28.7 Å². The molecule has 0 atom stereocenters. The highest BCUT2D eigenvalue weighted by Gasteiger charge is 2.17. The number of benzene rings is 3. The van der Waals surface area contributed by atoms with Crippen molar-refractivity contribution in [3.63, 3.8) is 0 Å². The van der Waals surface area contributed by atoms with Crippen LogP contribution < -0.4 is 15.0 Å². The summed E-state index contributed by atoms with van der Waals surface area (Å²) in [6, 6.07) is 19.9. The molecule has 0 saturated heterocycles. The molecule has 5 aromatic rings. The van der Waals surface area contributed by atoms with Crippen molar-refractivity contribution in [1.29, 1.82) is 5.26 Å². The van der Waals surface area contributed by atoms with E-state index in [1.807, 2.05) is 36.4 Å². The van der Waals surface area contributed by atoms with Crippen LogP contribution in [0, 0.1) is 11.3 Å². The fourth-order valence-electron chi connectivity index (χ4n) is 3.70. The maximum Gasteiger partial charge on any atom is 0.282 e. The largest absolute Gasteiger partial charge is 0.493 e. The minimum absolute atomic E-state index is 0.127. The zero-order valence-corrected chi connectivity index (χ0v) is 21.9. The van der Waals surface area contributed by atoms with Crippen molar-refractivity contribution >= 4 is 59.9 Å². The van der Waals surface area contributed by atoms with Gasteiger partial charge in [-0.3, -0.25) is 4.79 Å². The topological polar surface area (TPSA) is 103 Å². The number of aromatic nitrogens is 2. The van der Waals surface area contributed by atoms with Crippen LogP contribution in [0.2, 0.25) is 0 Å². The van der Waals surface area contributed by atoms with Crippen LogP contribution >= 0.6 is 31.9 Å². The second-order valence-electron chi connectivity index (χ2n) is 7.59. The standard InChI is InChI=1S/C26H16Br2N4O4/c1-34-22-11-15(10-19(28)24(22)35-9-8-29)14-30-32-25(31-20-5-3-2-4-18(20)26(32)33)23-13-16-12-17(27)6-7-21(16)36-23/h2-7,10-14H,9H2,1H3. The van der Waals surface area contributed by atoms with Gasteiger partial charge in [-0.1, -0.05) is 28.1 Å². The molecule has 0 spiro atoms. The molecular formula is C26H16Br2N4O4. The fraction of sp³-hybridized carbons (Fsp3) is 0.0769. The molecule has 0 amide bonds. The number of nitriles is 1. The summed E-state index contributed by atoms with van der Waals surface area (Å²) in [5, 5.41) is 14.6. The van der Waals surface area contributed by atoms with Crippen LogP contribution in [0.25, 0.3) is 33.5 Å². The highest BCUT2D eigenvalue weighted by molar-refractivity contribution is 9.10. The lowest BCUT2D eigenvalue weighted by atomic mass is 10.2. The summed E-state index contributed by atoms with van der Waals surface area (Å²) < 4.78 is 19.6. The molecule has 0 unspecified atom stereocenters. The molecule has 0 saturated carbocycles. The number of ether oxygens (including phenoxy) is 2. The van der Waals surface area contributed by atoms with E-state index in [1.165, 1.54) is 18.0 Å². The first-order valence-electron chi connectivity index (χ1n) is 10.6. The third-order valence-corrected chi connectivity index (χ3v) is 6.39. The maximum atomic E-state index is 13.5. The lowest BCUT2D eigenvalue weighted by molar-refractivity contribution is 0.327. The van der Waals surface area contributed by atoms with E-state index in [0.29, 0.717) is 43.8 Å². The molecule has 0 bridgehead atoms. The van der Waals surface area contributed by atoms with E-state index in [2.05, 4.69) is 37.0 Å². The molecule has 0 radical (unpaired) electrons. The molecule has 8 nitrogen and oxygen atoms in total. The smallest absolute Gasteiger partial charge is 0.282 e. The van der Waals surface area contributed by atoms with Gasteiger partial charge in [0.25, 0.3) is 5.56 Å². The normalized spacial score (nSPS) is 11.3. The van der Waals surface area contributed by atoms with Crippen molar-refractivity contribution in [2.45, 2.75) is 0 Å². The van der Waals surface area contributed by atoms with Crippen molar-refractivity contribution < 1.29 is 13.9 Å². The zero-order valence-electron chi connectivity index (χ0n) is 18.7. The Balaban J connectivity index is 1.66. The monoisotopic (exact) mass is 606 g/mol. The molecule has 5 rings (SSSR count). The zero-order chi connectivity index (χ0) is 25.2. The van der Waals surface area contributed by atoms with Gasteiger partial charge in [0.15, 0.2) is 23.9 Å². The molecule has 0 fully saturated rings. The van der Waals surface area contributed by atoms with E-state index < -0.39 is 0 Å². The number of fused-ring (bicyclic) bond motifs is 2. The number of hydrogen-bond donors (Lipinski definition) is 0.